The van der Waals surface area contributed by atoms with Crippen LogP contribution in [-0.2, 0) is 0 Å². The van der Waals surface area contributed by atoms with E-state index in [0.29, 0.717) is 11.3 Å². The van der Waals surface area contributed by atoms with E-state index in [2.05, 4.69) is 22.6 Å². The van der Waals surface area contributed by atoms with E-state index in [-0.39, 0.29) is 0 Å². The second-order valence-electron chi connectivity index (χ2n) is 1.89. The first-order valence-corrected chi connectivity index (χ1v) is 3.82. The molecule has 0 aliphatic carbocycles. The van der Waals surface area contributed by atoms with Crippen molar-refractivity contribution in [2.45, 2.75) is 0 Å². The van der Waals surface area contributed by atoms with E-state index in [4.69, 9.17) is 5.73 Å². The average Bonchev–Trinajstić information content (AvgIpc) is 1.88. The van der Waals surface area contributed by atoms with E-state index in [1.54, 1.807) is 12.1 Å². The molecule has 0 saturated heterocycles. The van der Waals surface area contributed by atoms with Gasteiger partial charge in [0, 0.05) is 14.8 Å². The molecule has 1 aromatic carbocycles. The summed E-state index contributed by atoms with van der Waals surface area (Å²) in [6.07, 6.45) is 0.755. The van der Waals surface area contributed by atoms with Crippen LogP contribution in [0.15, 0.2) is 18.2 Å². The van der Waals surface area contributed by atoms with Crippen molar-refractivity contribution in [2.24, 2.45) is 0 Å². The molecule has 0 aromatic heterocycles. The second-order valence-corrected chi connectivity index (χ2v) is 3.14. The lowest BCUT2D eigenvalue weighted by Crippen LogP contribution is -1.92. The van der Waals surface area contributed by atoms with Gasteiger partial charge in [-0.25, -0.2) is 0 Å². The maximum absolute atomic E-state index is 10.3. The van der Waals surface area contributed by atoms with Gasteiger partial charge in [-0.05, 0) is 40.8 Å². The van der Waals surface area contributed by atoms with Crippen LogP contribution in [-0.4, -0.2) is 6.29 Å². The Hall–Kier alpha value is -0.580. The van der Waals surface area contributed by atoms with Crippen LogP contribution in [0.5, 0.6) is 0 Å². The Balaban J connectivity index is 3.19. The molecule has 0 aliphatic rings. The number of carbonyl (C=O) groups excluding carboxylic acids is 1. The van der Waals surface area contributed by atoms with E-state index in [1.807, 2.05) is 6.07 Å². The van der Waals surface area contributed by atoms with Crippen molar-refractivity contribution in [2.75, 3.05) is 5.73 Å². The smallest absolute Gasteiger partial charge is 0.152 e. The van der Waals surface area contributed by atoms with Crippen LogP contribution in [0.3, 0.4) is 0 Å². The normalized spacial score (nSPS) is 9.30. The van der Waals surface area contributed by atoms with Gasteiger partial charge in [0.25, 0.3) is 0 Å². The standard InChI is InChI=1S/C7H6INO/c8-6-2-1-5(4-10)7(9)3-6/h1-4H,9H2. The number of anilines is 1. The molecule has 0 bridgehead atoms. The van der Waals surface area contributed by atoms with Crippen LogP contribution >= 0.6 is 22.6 Å². The van der Waals surface area contributed by atoms with Crippen LogP contribution < -0.4 is 5.73 Å². The molecular weight excluding hydrogens is 241 g/mol. The number of carbonyl (C=O) groups is 1. The summed E-state index contributed by atoms with van der Waals surface area (Å²) < 4.78 is 1.04. The molecular formula is C7H6INO. The number of hydrogen-bond acceptors (Lipinski definition) is 2. The molecule has 0 unspecified atom stereocenters. The summed E-state index contributed by atoms with van der Waals surface area (Å²) in [5.74, 6) is 0. The summed E-state index contributed by atoms with van der Waals surface area (Å²) in [4.78, 5) is 10.3. The third-order valence-corrected chi connectivity index (χ3v) is 1.85. The molecule has 1 aromatic rings. The molecule has 0 atom stereocenters. The number of rotatable bonds is 1. The number of benzene rings is 1. The predicted molar refractivity (Wildman–Crippen MR) is 49.0 cm³/mol. The molecule has 0 aliphatic heterocycles. The summed E-state index contributed by atoms with van der Waals surface area (Å²) in [6, 6.07) is 5.33. The van der Waals surface area contributed by atoms with Gasteiger partial charge in [-0.15, -0.1) is 0 Å². The largest absolute Gasteiger partial charge is 0.398 e. The molecule has 0 spiro atoms. The molecule has 1 rings (SSSR count). The zero-order valence-electron chi connectivity index (χ0n) is 5.17. The van der Waals surface area contributed by atoms with Gasteiger partial charge in [-0.2, -0.15) is 0 Å². The summed E-state index contributed by atoms with van der Waals surface area (Å²) in [5.41, 5.74) is 6.60. The Kier molecular flexibility index (Phi) is 2.26. The van der Waals surface area contributed by atoms with Gasteiger partial charge < -0.3 is 5.73 Å². The number of nitrogens with two attached hydrogens (primary N) is 1. The van der Waals surface area contributed by atoms with Crippen LogP contribution in [0, 0.1) is 3.57 Å². The van der Waals surface area contributed by atoms with Gasteiger partial charge >= 0.3 is 0 Å². The first-order chi connectivity index (χ1) is 4.74. The Morgan fingerprint density at radius 1 is 1.50 bits per heavy atom. The minimum Gasteiger partial charge on any atom is -0.398 e. The lowest BCUT2D eigenvalue weighted by Gasteiger charge is -1.96. The zero-order valence-corrected chi connectivity index (χ0v) is 7.33. The van der Waals surface area contributed by atoms with Crippen molar-refractivity contribution in [3.8, 4) is 0 Å². The maximum Gasteiger partial charge on any atom is 0.152 e. The van der Waals surface area contributed by atoms with Crippen molar-refractivity contribution in [1.29, 1.82) is 0 Å². The fourth-order valence-electron chi connectivity index (χ4n) is 0.653. The lowest BCUT2D eigenvalue weighted by molar-refractivity contribution is 0.112. The fourth-order valence-corrected chi connectivity index (χ4v) is 1.17. The minimum absolute atomic E-state index is 0.543. The molecule has 0 heterocycles. The lowest BCUT2D eigenvalue weighted by atomic mass is 10.2. The van der Waals surface area contributed by atoms with E-state index >= 15 is 0 Å². The molecule has 2 nitrogen and oxygen atoms in total. The second kappa shape index (κ2) is 3.01. The number of hydrogen-bond donors (Lipinski definition) is 1. The van der Waals surface area contributed by atoms with Gasteiger partial charge in [0.05, 0.1) is 0 Å². The van der Waals surface area contributed by atoms with E-state index < -0.39 is 0 Å². The number of aldehydes is 1. The monoisotopic (exact) mass is 247 g/mol. The highest BCUT2D eigenvalue weighted by molar-refractivity contribution is 14.1. The quantitative estimate of drug-likeness (QED) is 0.466. The van der Waals surface area contributed by atoms with Crippen molar-refractivity contribution >= 4 is 34.6 Å². The molecule has 0 fully saturated rings. The molecule has 3 heteroatoms. The highest BCUT2D eigenvalue weighted by Gasteiger charge is 1.95. The van der Waals surface area contributed by atoms with E-state index in [1.165, 1.54) is 0 Å². The van der Waals surface area contributed by atoms with Crippen molar-refractivity contribution in [3.63, 3.8) is 0 Å². The maximum atomic E-state index is 10.3. The van der Waals surface area contributed by atoms with Gasteiger partial charge in [0.15, 0.2) is 6.29 Å². The Morgan fingerprint density at radius 2 is 2.20 bits per heavy atom. The van der Waals surface area contributed by atoms with Gasteiger partial charge in [0.1, 0.15) is 0 Å². The minimum atomic E-state index is 0.543. The topological polar surface area (TPSA) is 43.1 Å². The van der Waals surface area contributed by atoms with Gasteiger partial charge in [-0.3, -0.25) is 4.79 Å². The summed E-state index contributed by atoms with van der Waals surface area (Å²) in [7, 11) is 0. The average molecular weight is 247 g/mol. The number of halogens is 1. The Bertz CT molecular complexity index is 260. The molecule has 0 radical (unpaired) electrons. The van der Waals surface area contributed by atoms with Crippen LogP contribution in [0.25, 0.3) is 0 Å². The van der Waals surface area contributed by atoms with Crippen molar-refractivity contribution in [1.82, 2.24) is 0 Å². The third kappa shape index (κ3) is 1.47. The third-order valence-electron chi connectivity index (χ3n) is 1.18. The summed E-state index contributed by atoms with van der Waals surface area (Å²) in [6.45, 7) is 0. The molecule has 52 valence electrons. The summed E-state index contributed by atoms with van der Waals surface area (Å²) >= 11 is 2.14. The molecule has 10 heavy (non-hydrogen) atoms. The summed E-state index contributed by atoms with van der Waals surface area (Å²) in [5, 5.41) is 0. The molecule has 0 amide bonds. The Morgan fingerprint density at radius 3 is 2.70 bits per heavy atom. The Labute approximate surface area is 72.6 Å². The predicted octanol–water partition coefficient (Wildman–Crippen LogP) is 1.69. The first-order valence-electron chi connectivity index (χ1n) is 2.74. The fraction of sp³-hybridized carbons (Fsp3) is 0. The van der Waals surface area contributed by atoms with E-state index in [9.17, 15) is 4.79 Å². The van der Waals surface area contributed by atoms with Crippen LogP contribution in [0.1, 0.15) is 10.4 Å². The van der Waals surface area contributed by atoms with Crippen LogP contribution in [0.2, 0.25) is 0 Å². The van der Waals surface area contributed by atoms with E-state index in [0.717, 1.165) is 9.86 Å². The van der Waals surface area contributed by atoms with Crippen molar-refractivity contribution < 1.29 is 4.79 Å². The van der Waals surface area contributed by atoms with Crippen LogP contribution in [0.4, 0.5) is 5.69 Å². The SMILES string of the molecule is Nc1cc(I)ccc1C=O. The first kappa shape index (κ1) is 7.53. The van der Waals surface area contributed by atoms with Crippen molar-refractivity contribution in [3.05, 3.63) is 27.3 Å². The molecule has 2 N–H and O–H groups in total. The highest BCUT2D eigenvalue weighted by Crippen LogP contribution is 2.13. The van der Waals surface area contributed by atoms with Gasteiger partial charge in [0.2, 0.25) is 0 Å². The van der Waals surface area contributed by atoms with Gasteiger partial charge in [-0.1, -0.05) is 0 Å². The zero-order chi connectivity index (χ0) is 7.56. The highest BCUT2D eigenvalue weighted by atomic mass is 127. The molecule has 0 saturated carbocycles. The number of nitrogen functional groups attached to an aromatic ring is 1.